The fourth-order valence-electron chi connectivity index (χ4n) is 3.53. The lowest BCUT2D eigenvalue weighted by Crippen LogP contribution is -2.29. The van der Waals surface area contributed by atoms with Gasteiger partial charge < -0.3 is 9.64 Å². The monoisotopic (exact) mass is 365 g/mol. The summed E-state index contributed by atoms with van der Waals surface area (Å²) < 4.78 is 7.73. The largest absolute Gasteiger partial charge is 0.487 e. The number of aromatic amines is 1. The third-order valence-electron chi connectivity index (χ3n) is 4.83. The van der Waals surface area contributed by atoms with Crippen LogP contribution in [0, 0.1) is 13.8 Å². The molecular weight excluding hydrogens is 342 g/mol. The number of ether oxygens (including phenoxy) is 1. The highest BCUT2D eigenvalue weighted by Crippen LogP contribution is 2.24. The van der Waals surface area contributed by atoms with Crippen molar-refractivity contribution < 1.29 is 9.53 Å². The van der Waals surface area contributed by atoms with Gasteiger partial charge in [0, 0.05) is 18.8 Å². The van der Waals surface area contributed by atoms with Gasteiger partial charge in [0.05, 0.1) is 17.4 Å². The van der Waals surface area contributed by atoms with Gasteiger partial charge >= 0.3 is 0 Å². The lowest BCUT2D eigenvalue weighted by atomic mass is 10.2. The summed E-state index contributed by atoms with van der Waals surface area (Å²) in [4.78, 5) is 14.6. The zero-order valence-corrected chi connectivity index (χ0v) is 15.6. The first-order chi connectivity index (χ1) is 13.1. The summed E-state index contributed by atoms with van der Waals surface area (Å²) in [6.45, 7) is 5.76. The van der Waals surface area contributed by atoms with Crippen molar-refractivity contribution in [2.75, 3.05) is 13.1 Å². The van der Waals surface area contributed by atoms with Crippen LogP contribution in [0.3, 0.4) is 0 Å². The molecule has 27 heavy (non-hydrogen) atoms. The number of aromatic nitrogens is 4. The topological polar surface area (TPSA) is 76.0 Å². The maximum Gasteiger partial charge on any atom is 0.274 e. The normalized spacial score (nSPS) is 16.7. The molecule has 0 bridgehead atoms. The van der Waals surface area contributed by atoms with E-state index >= 15 is 0 Å². The second-order valence-corrected chi connectivity index (χ2v) is 6.95. The summed E-state index contributed by atoms with van der Waals surface area (Å²) in [7, 11) is 0. The van der Waals surface area contributed by atoms with Crippen molar-refractivity contribution in [1.82, 2.24) is 24.9 Å². The number of rotatable bonds is 5. The number of hydrogen-bond acceptors (Lipinski definition) is 4. The van der Waals surface area contributed by atoms with Gasteiger partial charge in [0.15, 0.2) is 5.69 Å². The van der Waals surface area contributed by atoms with E-state index < -0.39 is 0 Å². The molecule has 0 spiro atoms. The molecule has 1 amide bonds. The Bertz CT molecular complexity index is 931. The van der Waals surface area contributed by atoms with E-state index in [0.717, 1.165) is 29.3 Å². The number of amides is 1. The molecule has 1 saturated heterocycles. The molecule has 7 heteroatoms. The Labute approximate surface area is 157 Å². The van der Waals surface area contributed by atoms with Crippen LogP contribution in [-0.2, 0) is 6.61 Å². The fraction of sp³-hybridized carbons (Fsp3) is 0.350. The standard InChI is InChI=1S/C20H23N5O2/c1-14-10-15(2)25(23-14)17-8-9-24(12-17)20(26)19-11-16(21-22-19)13-27-18-6-4-3-5-7-18/h3-7,10-11,17H,8-9,12-13H2,1-2H3,(H,21,22). The van der Waals surface area contributed by atoms with Gasteiger partial charge in [-0.3, -0.25) is 14.6 Å². The van der Waals surface area contributed by atoms with E-state index in [1.807, 2.05) is 46.8 Å². The Morgan fingerprint density at radius 3 is 2.81 bits per heavy atom. The molecule has 0 radical (unpaired) electrons. The first-order valence-electron chi connectivity index (χ1n) is 9.14. The molecule has 1 atom stereocenters. The van der Waals surface area contributed by atoms with Gasteiger partial charge in [-0.2, -0.15) is 10.2 Å². The zero-order valence-electron chi connectivity index (χ0n) is 15.6. The SMILES string of the molecule is Cc1cc(C)n(C2CCN(C(=O)c3cc(COc4ccccc4)[nH]n3)C2)n1. The number of H-pyrrole nitrogens is 1. The second-order valence-electron chi connectivity index (χ2n) is 6.95. The minimum atomic E-state index is -0.0544. The fourth-order valence-corrected chi connectivity index (χ4v) is 3.53. The van der Waals surface area contributed by atoms with Crippen LogP contribution in [0.1, 0.15) is 40.0 Å². The van der Waals surface area contributed by atoms with Gasteiger partial charge in [0.2, 0.25) is 0 Å². The van der Waals surface area contributed by atoms with Gasteiger partial charge in [-0.1, -0.05) is 18.2 Å². The highest BCUT2D eigenvalue weighted by Gasteiger charge is 2.30. The maximum absolute atomic E-state index is 12.8. The number of benzene rings is 1. The highest BCUT2D eigenvalue weighted by atomic mass is 16.5. The number of nitrogens with zero attached hydrogens (tertiary/aromatic N) is 4. The Morgan fingerprint density at radius 2 is 2.07 bits per heavy atom. The quantitative estimate of drug-likeness (QED) is 0.754. The van der Waals surface area contributed by atoms with Gasteiger partial charge in [0.1, 0.15) is 12.4 Å². The van der Waals surface area contributed by atoms with E-state index in [4.69, 9.17) is 4.74 Å². The van der Waals surface area contributed by atoms with E-state index in [-0.39, 0.29) is 11.9 Å². The summed E-state index contributed by atoms with van der Waals surface area (Å²) in [6, 6.07) is 13.6. The third kappa shape index (κ3) is 3.72. The lowest BCUT2D eigenvalue weighted by Gasteiger charge is -2.16. The van der Waals surface area contributed by atoms with Crippen molar-refractivity contribution in [3.63, 3.8) is 0 Å². The average molecular weight is 365 g/mol. The van der Waals surface area contributed by atoms with E-state index in [1.165, 1.54) is 0 Å². The highest BCUT2D eigenvalue weighted by molar-refractivity contribution is 5.92. The summed E-state index contributed by atoms with van der Waals surface area (Å²) in [5, 5.41) is 11.6. The number of para-hydroxylation sites is 1. The molecule has 3 aromatic rings. The molecule has 0 saturated carbocycles. The van der Waals surface area contributed by atoms with Gasteiger partial charge in [-0.15, -0.1) is 0 Å². The molecule has 140 valence electrons. The number of nitrogens with one attached hydrogen (secondary N) is 1. The molecule has 0 aliphatic carbocycles. The summed E-state index contributed by atoms with van der Waals surface area (Å²) in [5.74, 6) is 0.730. The summed E-state index contributed by atoms with van der Waals surface area (Å²) in [5.41, 5.74) is 3.34. The zero-order chi connectivity index (χ0) is 18.8. The molecule has 3 heterocycles. The molecule has 1 aliphatic rings. The summed E-state index contributed by atoms with van der Waals surface area (Å²) in [6.07, 6.45) is 0.905. The van der Waals surface area contributed by atoms with Gasteiger partial charge in [-0.25, -0.2) is 0 Å². The first-order valence-corrected chi connectivity index (χ1v) is 9.14. The molecule has 1 N–H and O–H groups in total. The average Bonchev–Trinajstić information content (AvgIpc) is 3.40. The van der Waals surface area contributed by atoms with Crippen molar-refractivity contribution in [2.45, 2.75) is 32.9 Å². The van der Waals surface area contributed by atoms with Crippen LogP contribution < -0.4 is 4.74 Å². The molecule has 7 nitrogen and oxygen atoms in total. The number of likely N-dealkylation sites (tertiary alicyclic amines) is 1. The van der Waals surface area contributed by atoms with Crippen molar-refractivity contribution in [1.29, 1.82) is 0 Å². The van der Waals surface area contributed by atoms with Crippen LogP contribution in [0.5, 0.6) is 5.75 Å². The number of carbonyl (C=O) groups excluding carboxylic acids is 1. The number of hydrogen-bond donors (Lipinski definition) is 1. The smallest absolute Gasteiger partial charge is 0.274 e. The van der Waals surface area contributed by atoms with Crippen molar-refractivity contribution >= 4 is 5.91 Å². The van der Waals surface area contributed by atoms with E-state index in [0.29, 0.717) is 25.4 Å². The molecule has 1 aliphatic heterocycles. The molecule has 2 aromatic heterocycles. The Balaban J connectivity index is 1.37. The van der Waals surface area contributed by atoms with E-state index in [1.54, 1.807) is 6.07 Å². The predicted molar refractivity (Wildman–Crippen MR) is 101 cm³/mol. The molecule has 1 fully saturated rings. The van der Waals surface area contributed by atoms with Crippen LogP contribution in [0.15, 0.2) is 42.5 Å². The van der Waals surface area contributed by atoms with E-state index in [2.05, 4.69) is 28.3 Å². The number of carbonyl (C=O) groups is 1. The minimum absolute atomic E-state index is 0.0544. The Morgan fingerprint density at radius 1 is 1.26 bits per heavy atom. The van der Waals surface area contributed by atoms with Crippen molar-refractivity contribution in [3.05, 3.63) is 65.2 Å². The van der Waals surface area contributed by atoms with Crippen LogP contribution in [-0.4, -0.2) is 43.9 Å². The Kier molecular flexibility index (Phi) is 4.66. The molecular formula is C20H23N5O2. The van der Waals surface area contributed by atoms with Crippen LogP contribution >= 0.6 is 0 Å². The van der Waals surface area contributed by atoms with Crippen molar-refractivity contribution in [3.8, 4) is 5.75 Å². The number of aryl methyl sites for hydroxylation is 2. The maximum atomic E-state index is 12.8. The minimum Gasteiger partial charge on any atom is -0.487 e. The molecule has 4 rings (SSSR count). The summed E-state index contributed by atoms with van der Waals surface area (Å²) >= 11 is 0. The van der Waals surface area contributed by atoms with Crippen LogP contribution in [0.2, 0.25) is 0 Å². The van der Waals surface area contributed by atoms with Crippen molar-refractivity contribution in [2.24, 2.45) is 0 Å². The third-order valence-corrected chi connectivity index (χ3v) is 4.83. The van der Waals surface area contributed by atoms with E-state index in [9.17, 15) is 4.79 Å². The molecule has 1 aromatic carbocycles. The van der Waals surface area contributed by atoms with Crippen LogP contribution in [0.25, 0.3) is 0 Å². The van der Waals surface area contributed by atoms with Crippen LogP contribution in [0.4, 0.5) is 0 Å². The first kappa shape index (κ1) is 17.3. The van der Waals surface area contributed by atoms with Gasteiger partial charge in [-0.05, 0) is 44.5 Å². The predicted octanol–water partition coefficient (Wildman–Crippen LogP) is 2.89. The Hall–Kier alpha value is -3.09. The molecule has 1 unspecified atom stereocenters. The second kappa shape index (κ2) is 7.26. The van der Waals surface area contributed by atoms with Gasteiger partial charge in [0.25, 0.3) is 5.91 Å². The lowest BCUT2D eigenvalue weighted by molar-refractivity contribution is 0.0781.